The molecule has 0 aromatic rings. The molecule has 1 unspecified atom stereocenters. The highest BCUT2D eigenvalue weighted by atomic mass is 19.4. The van der Waals surface area contributed by atoms with Crippen LogP contribution in [0, 0.1) is 5.92 Å². The average molecular weight is 197 g/mol. The molecule has 3 nitrogen and oxygen atoms in total. The fourth-order valence-corrected chi connectivity index (χ4v) is 0.915. The topological polar surface area (TPSA) is 49.3 Å². The van der Waals surface area contributed by atoms with Gasteiger partial charge in [-0.25, -0.2) is 0 Å². The minimum absolute atomic E-state index is 0.0872. The highest BCUT2D eigenvalue weighted by Gasteiger charge is 2.45. The minimum Gasteiger partial charge on any atom is -0.481 e. The van der Waals surface area contributed by atoms with Crippen molar-refractivity contribution in [3.05, 3.63) is 0 Å². The van der Waals surface area contributed by atoms with Crippen LogP contribution in [0.2, 0.25) is 0 Å². The summed E-state index contributed by atoms with van der Waals surface area (Å²) in [5, 5.41) is 10.8. The molecule has 1 rings (SSSR count). The number of hydrogen-bond acceptors (Lipinski definition) is 2. The van der Waals surface area contributed by atoms with Gasteiger partial charge in [0, 0.05) is 12.6 Å². The summed E-state index contributed by atoms with van der Waals surface area (Å²) < 4.78 is 36.1. The van der Waals surface area contributed by atoms with Crippen LogP contribution in [-0.4, -0.2) is 29.8 Å². The summed E-state index contributed by atoms with van der Waals surface area (Å²) in [4.78, 5) is 10.2. The smallest absolute Gasteiger partial charge is 0.403 e. The van der Waals surface area contributed by atoms with Crippen molar-refractivity contribution in [1.82, 2.24) is 5.32 Å². The average Bonchev–Trinajstić information content (AvgIpc) is 2.66. The fraction of sp³-hybridized carbons (Fsp3) is 0.857. The van der Waals surface area contributed by atoms with Crippen molar-refractivity contribution in [2.45, 2.75) is 25.1 Å². The second kappa shape index (κ2) is 3.53. The molecular weight excluding hydrogens is 187 g/mol. The first kappa shape index (κ1) is 10.3. The van der Waals surface area contributed by atoms with Gasteiger partial charge < -0.3 is 10.4 Å². The molecule has 1 saturated carbocycles. The number of hydrogen-bond donors (Lipinski definition) is 2. The number of nitrogens with one attached hydrogen (secondary N) is 1. The van der Waals surface area contributed by atoms with Crippen molar-refractivity contribution >= 4 is 5.97 Å². The van der Waals surface area contributed by atoms with E-state index < -0.39 is 24.6 Å². The van der Waals surface area contributed by atoms with Crippen LogP contribution in [0.1, 0.15) is 12.8 Å². The quantitative estimate of drug-likeness (QED) is 0.706. The van der Waals surface area contributed by atoms with E-state index in [1.54, 1.807) is 0 Å². The summed E-state index contributed by atoms with van der Waals surface area (Å²) in [5.41, 5.74) is 0. The molecule has 0 spiro atoms. The van der Waals surface area contributed by atoms with Gasteiger partial charge in [-0.05, 0) is 12.8 Å². The molecule has 0 aromatic carbocycles. The maximum Gasteiger partial charge on any atom is 0.403 e. The number of carboxylic acids is 1. The molecule has 6 heteroatoms. The Kier molecular flexibility index (Phi) is 2.80. The van der Waals surface area contributed by atoms with Crippen LogP contribution in [0.15, 0.2) is 0 Å². The Balaban J connectivity index is 2.41. The minimum atomic E-state index is -4.66. The lowest BCUT2D eigenvalue weighted by atomic mass is 10.1. The molecule has 1 aliphatic rings. The van der Waals surface area contributed by atoms with Crippen molar-refractivity contribution in [1.29, 1.82) is 0 Å². The first-order chi connectivity index (χ1) is 5.91. The number of carbonyl (C=O) groups is 1. The van der Waals surface area contributed by atoms with Crippen molar-refractivity contribution in [3.63, 3.8) is 0 Å². The number of alkyl halides is 3. The van der Waals surface area contributed by atoms with E-state index in [0.29, 0.717) is 0 Å². The molecule has 1 atom stereocenters. The largest absolute Gasteiger partial charge is 0.481 e. The number of aliphatic carboxylic acids is 1. The summed E-state index contributed by atoms with van der Waals surface area (Å²) >= 11 is 0. The molecule has 1 aliphatic carbocycles. The van der Waals surface area contributed by atoms with E-state index in [2.05, 4.69) is 5.32 Å². The zero-order chi connectivity index (χ0) is 10.1. The Labute approximate surface area is 72.9 Å². The third-order valence-electron chi connectivity index (χ3n) is 1.88. The fourth-order valence-electron chi connectivity index (χ4n) is 0.915. The van der Waals surface area contributed by atoms with Crippen LogP contribution >= 0.6 is 0 Å². The molecule has 0 heterocycles. The molecule has 0 bridgehead atoms. The molecule has 0 aromatic heterocycles. The lowest BCUT2D eigenvalue weighted by molar-refractivity contribution is -0.192. The maximum absolute atomic E-state index is 12.0. The van der Waals surface area contributed by atoms with E-state index in [1.807, 2.05) is 0 Å². The summed E-state index contributed by atoms with van der Waals surface area (Å²) in [6, 6.07) is 0.0872. The van der Waals surface area contributed by atoms with Gasteiger partial charge in [0.05, 0.1) is 0 Å². The molecule has 0 amide bonds. The van der Waals surface area contributed by atoms with Gasteiger partial charge in [0.15, 0.2) is 5.92 Å². The monoisotopic (exact) mass is 197 g/mol. The van der Waals surface area contributed by atoms with Gasteiger partial charge in [-0.3, -0.25) is 4.79 Å². The number of halogens is 3. The molecule has 0 radical (unpaired) electrons. The highest BCUT2D eigenvalue weighted by molar-refractivity contribution is 5.71. The van der Waals surface area contributed by atoms with Crippen LogP contribution in [0.4, 0.5) is 13.2 Å². The Bertz CT molecular complexity index is 200. The second-order valence-corrected chi connectivity index (χ2v) is 3.11. The predicted octanol–water partition coefficient (Wildman–Crippen LogP) is 1.00. The van der Waals surface area contributed by atoms with E-state index in [-0.39, 0.29) is 6.04 Å². The zero-order valence-corrected chi connectivity index (χ0v) is 6.77. The Morgan fingerprint density at radius 3 is 2.38 bits per heavy atom. The molecule has 2 N–H and O–H groups in total. The summed E-state index contributed by atoms with van der Waals surface area (Å²) in [6.45, 7) is -0.524. The third kappa shape index (κ3) is 3.22. The summed E-state index contributed by atoms with van der Waals surface area (Å²) in [6.07, 6.45) is -2.98. The lowest BCUT2D eigenvalue weighted by Gasteiger charge is -2.16. The molecule has 76 valence electrons. The molecular formula is C7H10F3NO2. The maximum atomic E-state index is 12.0. The highest BCUT2D eigenvalue weighted by Crippen LogP contribution is 2.27. The Morgan fingerprint density at radius 1 is 1.54 bits per heavy atom. The normalized spacial score (nSPS) is 19.9. The Morgan fingerprint density at radius 2 is 2.08 bits per heavy atom. The van der Waals surface area contributed by atoms with Gasteiger partial charge in [0.25, 0.3) is 0 Å². The van der Waals surface area contributed by atoms with Crippen LogP contribution in [0.25, 0.3) is 0 Å². The van der Waals surface area contributed by atoms with Gasteiger partial charge in [0.2, 0.25) is 0 Å². The molecule has 0 saturated heterocycles. The van der Waals surface area contributed by atoms with Crippen LogP contribution in [0.5, 0.6) is 0 Å². The third-order valence-corrected chi connectivity index (χ3v) is 1.88. The van der Waals surface area contributed by atoms with E-state index in [4.69, 9.17) is 5.11 Å². The van der Waals surface area contributed by atoms with E-state index >= 15 is 0 Å². The zero-order valence-electron chi connectivity index (χ0n) is 6.77. The SMILES string of the molecule is O=C(O)C(CNC1CC1)C(F)(F)F. The van der Waals surface area contributed by atoms with Gasteiger partial charge >= 0.3 is 12.1 Å². The second-order valence-electron chi connectivity index (χ2n) is 3.11. The molecule has 1 fully saturated rings. The van der Waals surface area contributed by atoms with Gasteiger partial charge in [-0.2, -0.15) is 13.2 Å². The van der Waals surface area contributed by atoms with Gasteiger partial charge in [-0.1, -0.05) is 0 Å². The summed E-state index contributed by atoms with van der Waals surface area (Å²) in [5.74, 6) is -4.10. The van der Waals surface area contributed by atoms with E-state index in [9.17, 15) is 18.0 Å². The molecule has 13 heavy (non-hydrogen) atoms. The van der Waals surface area contributed by atoms with Crippen molar-refractivity contribution < 1.29 is 23.1 Å². The van der Waals surface area contributed by atoms with Crippen LogP contribution < -0.4 is 5.32 Å². The molecule has 0 aliphatic heterocycles. The van der Waals surface area contributed by atoms with E-state index in [1.165, 1.54) is 0 Å². The van der Waals surface area contributed by atoms with Crippen LogP contribution in [0.3, 0.4) is 0 Å². The summed E-state index contributed by atoms with van der Waals surface area (Å²) in [7, 11) is 0. The first-order valence-corrected chi connectivity index (χ1v) is 3.94. The van der Waals surface area contributed by atoms with Gasteiger partial charge in [0.1, 0.15) is 0 Å². The predicted molar refractivity (Wildman–Crippen MR) is 38.2 cm³/mol. The number of rotatable bonds is 4. The Hall–Kier alpha value is -0.780. The van der Waals surface area contributed by atoms with Crippen molar-refractivity contribution in [2.75, 3.05) is 6.54 Å². The van der Waals surface area contributed by atoms with Crippen molar-refractivity contribution in [3.8, 4) is 0 Å². The number of carboxylic acid groups (broad SMARTS) is 1. The lowest BCUT2D eigenvalue weighted by Crippen LogP contribution is -2.39. The van der Waals surface area contributed by atoms with Gasteiger partial charge in [-0.15, -0.1) is 0 Å². The van der Waals surface area contributed by atoms with Crippen molar-refractivity contribution in [2.24, 2.45) is 5.92 Å². The standard InChI is InChI=1S/C7H10F3NO2/c8-7(9,10)5(6(12)13)3-11-4-1-2-4/h4-5,11H,1-3H2,(H,12,13). The van der Waals surface area contributed by atoms with Crippen LogP contribution in [-0.2, 0) is 4.79 Å². The van der Waals surface area contributed by atoms with E-state index in [0.717, 1.165) is 12.8 Å². The first-order valence-electron chi connectivity index (χ1n) is 3.94.